The zero-order chi connectivity index (χ0) is 19.7. The molecular weight excluding hydrogens is 352 g/mol. The number of carbonyl (C=O) groups is 1. The van der Waals surface area contributed by atoms with E-state index in [-0.39, 0.29) is 5.78 Å². The smallest absolute Gasteiger partial charge is 0.183 e. The summed E-state index contributed by atoms with van der Waals surface area (Å²) in [5.41, 5.74) is 5.08. The highest BCUT2D eigenvalue weighted by Crippen LogP contribution is 2.27. The number of carbonyl (C=O) groups excluding carboxylic acids is 1. The number of Topliss-reactive ketones (excluding diaryl/α,β-unsaturated/α-hetero) is 1. The number of nitrogens with zero attached hydrogens (tertiary/aromatic N) is 4. The lowest BCUT2D eigenvalue weighted by Crippen LogP contribution is -2.36. The van der Waals surface area contributed by atoms with Crippen molar-refractivity contribution >= 4 is 16.7 Å². The summed E-state index contributed by atoms with van der Waals surface area (Å²) in [6.07, 6.45) is 3.53. The molecule has 0 spiro atoms. The lowest BCUT2D eigenvalue weighted by atomic mass is 10.1. The molecule has 28 heavy (non-hydrogen) atoms. The van der Waals surface area contributed by atoms with Crippen LogP contribution in [0.2, 0.25) is 0 Å². The number of ether oxygens (including phenoxy) is 1. The maximum Gasteiger partial charge on any atom is 0.183 e. The summed E-state index contributed by atoms with van der Waals surface area (Å²) in [4.78, 5) is 15.0. The maximum absolute atomic E-state index is 12.6. The van der Waals surface area contributed by atoms with Gasteiger partial charge in [0.25, 0.3) is 0 Å². The molecular formula is C22H28N4O2. The first-order chi connectivity index (χ1) is 13.5. The van der Waals surface area contributed by atoms with Crippen LogP contribution in [0.3, 0.4) is 0 Å². The molecule has 0 atom stereocenters. The minimum Gasteiger partial charge on any atom is -0.379 e. The molecule has 0 amide bonds. The van der Waals surface area contributed by atoms with Gasteiger partial charge in [0, 0.05) is 56.3 Å². The molecule has 3 heterocycles. The molecule has 6 nitrogen and oxygen atoms in total. The van der Waals surface area contributed by atoms with Gasteiger partial charge in [-0.15, -0.1) is 0 Å². The van der Waals surface area contributed by atoms with Crippen molar-refractivity contribution in [2.24, 2.45) is 14.1 Å². The zero-order valence-electron chi connectivity index (χ0n) is 16.9. The summed E-state index contributed by atoms with van der Waals surface area (Å²) in [6.45, 7) is 6.58. The van der Waals surface area contributed by atoms with Gasteiger partial charge >= 0.3 is 0 Å². The average Bonchev–Trinajstić information content (AvgIpc) is 3.22. The monoisotopic (exact) mass is 380 g/mol. The normalized spacial score (nSPS) is 15.4. The van der Waals surface area contributed by atoms with E-state index < -0.39 is 0 Å². The van der Waals surface area contributed by atoms with Gasteiger partial charge in [-0.05, 0) is 43.7 Å². The molecule has 0 radical (unpaired) electrons. The molecule has 2 aromatic heterocycles. The van der Waals surface area contributed by atoms with Crippen LogP contribution in [0, 0.1) is 6.92 Å². The van der Waals surface area contributed by atoms with E-state index in [2.05, 4.69) is 52.9 Å². The lowest BCUT2D eigenvalue weighted by molar-refractivity contribution is 0.0371. The maximum atomic E-state index is 12.6. The van der Waals surface area contributed by atoms with Crippen LogP contribution >= 0.6 is 0 Å². The largest absolute Gasteiger partial charge is 0.379 e. The van der Waals surface area contributed by atoms with Gasteiger partial charge in [0.15, 0.2) is 5.78 Å². The van der Waals surface area contributed by atoms with Crippen molar-refractivity contribution in [2.75, 3.05) is 32.8 Å². The number of fused-ring (bicyclic) bond motifs is 1. The van der Waals surface area contributed by atoms with Gasteiger partial charge in [0.05, 0.1) is 18.9 Å². The third-order valence-corrected chi connectivity index (χ3v) is 5.63. The van der Waals surface area contributed by atoms with Crippen LogP contribution in [0.15, 0.2) is 30.5 Å². The van der Waals surface area contributed by atoms with Crippen LogP contribution in [0.25, 0.3) is 22.2 Å². The fourth-order valence-electron chi connectivity index (χ4n) is 4.04. The summed E-state index contributed by atoms with van der Waals surface area (Å²) in [5, 5.41) is 5.72. The Morgan fingerprint density at radius 3 is 2.75 bits per heavy atom. The first-order valence-corrected chi connectivity index (χ1v) is 9.96. The van der Waals surface area contributed by atoms with Crippen molar-refractivity contribution in [3.8, 4) is 11.3 Å². The quantitative estimate of drug-likeness (QED) is 0.617. The molecule has 0 bridgehead atoms. The number of hydrogen-bond donors (Lipinski definition) is 0. The van der Waals surface area contributed by atoms with E-state index in [0.29, 0.717) is 12.1 Å². The van der Waals surface area contributed by atoms with Gasteiger partial charge in [0.1, 0.15) is 5.69 Å². The van der Waals surface area contributed by atoms with E-state index in [4.69, 9.17) is 4.74 Å². The fraction of sp³-hybridized carbons (Fsp3) is 0.455. The highest BCUT2D eigenvalue weighted by Gasteiger charge is 2.16. The van der Waals surface area contributed by atoms with Crippen molar-refractivity contribution in [1.29, 1.82) is 0 Å². The first kappa shape index (κ1) is 18.9. The molecule has 148 valence electrons. The summed E-state index contributed by atoms with van der Waals surface area (Å²) < 4.78 is 9.32. The minimum atomic E-state index is 0.118. The zero-order valence-corrected chi connectivity index (χ0v) is 16.9. The van der Waals surface area contributed by atoms with E-state index in [9.17, 15) is 4.79 Å². The number of ketones is 1. The minimum absolute atomic E-state index is 0.118. The molecule has 6 heteroatoms. The second-order valence-corrected chi connectivity index (χ2v) is 7.67. The predicted molar refractivity (Wildman–Crippen MR) is 111 cm³/mol. The van der Waals surface area contributed by atoms with Crippen LogP contribution in [-0.4, -0.2) is 57.9 Å². The van der Waals surface area contributed by atoms with E-state index in [0.717, 1.165) is 50.5 Å². The van der Waals surface area contributed by atoms with Gasteiger partial charge in [-0.1, -0.05) is 6.07 Å². The molecule has 0 unspecified atom stereocenters. The summed E-state index contributed by atoms with van der Waals surface area (Å²) in [6, 6.07) is 8.35. The predicted octanol–water partition coefficient (Wildman–Crippen LogP) is 3.18. The Labute approximate surface area is 165 Å². The van der Waals surface area contributed by atoms with Crippen LogP contribution in [0.4, 0.5) is 0 Å². The molecule has 1 saturated heterocycles. The number of aryl methyl sites for hydroxylation is 3. The molecule has 3 aromatic rings. The van der Waals surface area contributed by atoms with Gasteiger partial charge in [0.2, 0.25) is 0 Å². The van der Waals surface area contributed by atoms with Crippen molar-refractivity contribution in [2.45, 2.75) is 19.8 Å². The summed E-state index contributed by atoms with van der Waals surface area (Å²) in [7, 11) is 3.97. The van der Waals surface area contributed by atoms with Crippen LogP contribution in [0.1, 0.15) is 28.9 Å². The summed E-state index contributed by atoms with van der Waals surface area (Å²) >= 11 is 0. The second-order valence-electron chi connectivity index (χ2n) is 7.67. The Bertz CT molecular complexity index is 996. The first-order valence-electron chi connectivity index (χ1n) is 9.96. The molecule has 1 fully saturated rings. The highest BCUT2D eigenvalue weighted by molar-refractivity contribution is 5.95. The number of morpholine rings is 1. The standard InChI is InChI=1S/C22H28N4O2/c1-16-15-24(2)20-7-6-17(13-18(16)20)21-14-19(23-25(21)3)22(27)5-4-8-26-9-11-28-12-10-26/h6-7,13-15H,4-5,8-12H2,1-3H3. The number of hydrogen-bond acceptors (Lipinski definition) is 4. The van der Waals surface area contributed by atoms with Crippen molar-refractivity contribution in [3.63, 3.8) is 0 Å². The second kappa shape index (κ2) is 7.89. The van der Waals surface area contributed by atoms with Crippen LogP contribution in [-0.2, 0) is 18.8 Å². The number of aromatic nitrogens is 3. The van der Waals surface area contributed by atoms with Crippen LogP contribution < -0.4 is 0 Å². The van der Waals surface area contributed by atoms with Crippen molar-refractivity contribution < 1.29 is 9.53 Å². The van der Waals surface area contributed by atoms with E-state index in [1.54, 1.807) is 0 Å². The molecule has 0 saturated carbocycles. The molecule has 1 aliphatic heterocycles. The van der Waals surface area contributed by atoms with E-state index in [1.165, 1.54) is 16.5 Å². The molecule has 4 rings (SSSR count). The molecule has 1 aliphatic rings. The summed E-state index contributed by atoms with van der Waals surface area (Å²) in [5.74, 6) is 0.118. The van der Waals surface area contributed by atoms with Crippen LogP contribution in [0.5, 0.6) is 0 Å². The SMILES string of the molecule is Cc1cn(C)c2ccc(-c3cc(C(=O)CCCN4CCOCC4)nn3C)cc12. The van der Waals surface area contributed by atoms with E-state index >= 15 is 0 Å². The van der Waals surface area contributed by atoms with Gasteiger partial charge in [-0.2, -0.15) is 5.10 Å². The Morgan fingerprint density at radius 2 is 1.96 bits per heavy atom. The van der Waals surface area contributed by atoms with Crippen molar-refractivity contribution in [3.05, 3.63) is 41.7 Å². The molecule has 0 aliphatic carbocycles. The molecule has 1 aromatic carbocycles. The third-order valence-electron chi connectivity index (χ3n) is 5.63. The van der Waals surface area contributed by atoms with E-state index in [1.807, 2.05) is 17.8 Å². The average molecular weight is 380 g/mol. The Kier molecular flexibility index (Phi) is 5.33. The number of rotatable bonds is 6. The highest BCUT2D eigenvalue weighted by atomic mass is 16.5. The van der Waals surface area contributed by atoms with Crippen molar-refractivity contribution in [1.82, 2.24) is 19.2 Å². The fourth-order valence-corrected chi connectivity index (χ4v) is 4.04. The Hall–Kier alpha value is -2.44. The van der Waals surface area contributed by atoms with Gasteiger partial charge in [-0.3, -0.25) is 14.4 Å². The Balaban J connectivity index is 1.47. The third kappa shape index (κ3) is 3.75. The Morgan fingerprint density at radius 1 is 1.18 bits per heavy atom. The molecule has 0 N–H and O–H groups in total. The van der Waals surface area contributed by atoms with Gasteiger partial charge < -0.3 is 9.30 Å². The topological polar surface area (TPSA) is 52.3 Å². The van der Waals surface area contributed by atoms with Gasteiger partial charge in [-0.25, -0.2) is 0 Å². The number of benzene rings is 1. The lowest BCUT2D eigenvalue weighted by Gasteiger charge is -2.26.